The molecule has 3 rings (SSSR count). The highest BCUT2D eigenvalue weighted by atomic mass is 16.2. The molecule has 0 unspecified atom stereocenters. The number of likely N-dealkylation sites (N-methyl/N-ethyl adjacent to an activating group) is 1. The number of carbonyl (C=O) groups excluding carboxylic acids is 1. The fourth-order valence-electron chi connectivity index (χ4n) is 4.06. The Morgan fingerprint density at radius 2 is 1.68 bits per heavy atom. The maximum absolute atomic E-state index is 13.6. The molecule has 1 amide bonds. The van der Waals surface area contributed by atoms with E-state index in [0.29, 0.717) is 0 Å². The summed E-state index contributed by atoms with van der Waals surface area (Å²) in [6.07, 6.45) is 3.68. The van der Waals surface area contributed by atoms with E-state index in [-0.39, 0.29) is 5.91 Å². The number of hydrogen-bond donors (Lipinski definition) is 0. The van der Waals surface area contributed by atoms with Gasteiger partial charge in [0, 0.05) is 26.2 Å². The van der Waals surface area contributed by atoms with E-state index in [0.717, 1.165) is 81.0 Å². The third kappa shape index (κ3) is 4.14. The van der Waals surface area contributed by atoms with Crippen molar-refractivity contribution in [2.75, 3.05) is 32.7 Å². The van der Waals surface area contributed by atoms with E-state index in [4.69, 9.17) is 5.10 Å². The Morgan fingerprint density at radius 3 is 2.29 bits per heavy atom. The molecule has 0 bridgehead atoms. The lowest BCUT2D eigenvalue weighted by molar-refractivity contribution is 0.0641. The number of para-hydroxylation sites is 1. The number of rotatable bonds is 7. The zero-order chi connectivity index (χ0) is 20.1. The molecule has 0 radical (unpaired) electrons. The zero-order valence-electron chi connectivity index (χ0n) is 17.9. The molecule has 2 heterocycles. The van der Waals surface area contributed by atoms with Crippen LogP contribution in [0.4, 0.5) is 0 Å². The maximum Gasteiger partial charge on any atom is 0.257 e. The molecule has 0 saturated carbocycles. The van der Waals surface area contributed by atoms with Gasteiger partial charge in [-0.1, -0.05) is 51.8 Å². The molecule has 1 aromatic heterocycles. The number of amides is 1. The predicted molar refractivity (Wildman–Crippen MR) is 114 cm³/mol. The molecule has 5 heteroatoms. The fourth-order valence-corrected chi connectivity index (χ4v) is 4.06. The second-order valence-electron chi connectivity index (χ2n) is 7.69. The van der Waals surface area contributed by atoms with Crippen molar-refractivity contribution >= 4 is 5.91 Å². The van der Waals surface area contributed by atoms with Gasteiger partial charge in [-0.25, -0.2) is 4.68 Å². The lowest BCUT2D eigenvalue weighted by atomic mass is 10.0. The largest absolute Gasteiger partial charge is 0.336 e. The highest BCUT2D eigenvalue weighted by molar-refractivity contribution is 5.97. The molecule has 1 aromatic carbocycles. The lowest BCUT2D eigenvalue weighted by Gasteiger charge is -2.34. The Labute approximate surface area is 169 Å². The number of benzene rings is 1. The van der Waals surface area contributed by atoms with Crippen LogP contribution in [0.2, 0.25) is 0 Å². The molecule has 28 heavy (non-hydrogen) atoms. The smallest absolute Gasteiger partial charge is 0.257 e. The van der Waals surface area contributed by atoms with Gasteiger partial charge in [0.05, 0.1) is 22.6 Å². The van der Waals surface area contributed by atoms with Crippen LogP contribution in [-0.4, -0.2) is 58.2 Å². The first-order valence-corrected chi connectivity index (χ1v) is 10.8. The highest BCUT2D eigenvalue weighted by Gasteiger charge is 2.29. The summed E-state index contributed by atoms with van der Waals surface area (Å²) in [6.45, 7) is 13.2. The summed E-state index contributed by atoms with van der Waals surface area (Å²) in [5.41, 5.74) is 5.15. The van der Waals surface area contributed by atoms with Crippen LogP contribution < -0.4 is 0 Å². The van der Waals surface area contributed by atoms with E-state index in [2.05, 4.69) is 44.7 Å². The molecule has 1 aliphatic rings. The topological polar surface area (TPSA) is 41.4 Å². The van der Waals surface area contributed by atoms with Crippen molar-refractivity contribution < 1.29 is 4.79 Å². The SMILES string of the molecule is CCCc1nn(-c2ccccc2C)c(CCC)c1C(=O)N1CCN(CC)CC1. The van der Waals surface area contributed by atoms with E-state index >= 15 is 0 Å². The minimum Gasteiger partial charge on any atom is -0.336 e. The summed E-state index contributed by atoms with van der Waals surface area (Å²) in [4.78, 5) is 18.0. The van der Waals surface area contributed by atoms with Crippen LogP contribution in [0.5, 0.6) is 0 Å². The first-order chi connectivity index (χ1) is 13.6. The van der Waals surface area contributed by atoms with E-state index in [9.17, 15) is 4.79 Å². The average molecular weight is 383 g/mol. The van der Waals surface area contributed by atoms with Crippen LogP contribution in [0.15, 0.2) is 24.3 Å². The summed E-state index contributed by atoms with van der Waals surface area (Å²) < 4.78 is 2.04. The molecule has 5 nitrogen and oxygen atoms in total. The minimum atomic E-state index is 0.169. The molecule has 0 N–H and O–H groups in total. The maximum atomic E-state index is 13.6. The fraction of sp³-hybridized carbons (Fsp3) is 0.565. The van der Waals surface area contributed by atoms with Gasteiger partial charge in [0.15, 0.2) is 0 Å². The number of nitrogens with zero attached hydrogens (tertiary/aromatic N) is 4. The minimum absolute atomic E-state index is 0.169. The van der Waals surface area contributed by atoms with Gasteiger partial charge >= 0.3 is 0 Å². The second-order valence-corrected chi connectivity index (χ2v) is 7.69. The van der Waals surface area contributed by atoms with Gasteiger partial charge in [0.2, 0.25) is 0 Å². The third-order valence-electron chi connectivity index (χ3n) is 5.69. The Balaban J connectivity index is 2.03. The van der Waals surface area contributed by atoms with E-state index < -0.39 is 0 Å². The van der Waals surface area contributed by atoms with Crippen molar-refractivity contribution in [2.45, 2.75) is 53.4 Å². The summed E-state index contributed by atoms with van der Waals surface area (Å²) in [5, 5.41) is 4.96. The van der Waals surface area contributed by atoms with Gasteiger partial charge < -0.3 is 9.80 Å². The molecular formula is C23H34N4O. The van der Waals surface area contributed by atoms with Gasteiger partial charge in [0.1, 0.15) is 0 Å². The molecule has 1 fully saturated rings. The molecule has 1 saturated heterocycles. The number of piperazine rings is 1. The summed E-state index contributed by atoms with van der Waals surface area (Å²) in [6, 6.07) is 8.31. The summed E-state index contributed by atoms with van der Waals surface area (Å²) >= 11 is 0. The molecule has 0 spiro atoms. The predicted octanol–water partition coefficient (Wildman–Crippen LogP) is 3.86. The number of aryl methyl sites for hydroxylation is 2. The van der Waals surface area contributed by atoms with Crippen LogP contribution in [-0.2, 0) is 12.8 Å². The third-order valence-corrected chi connectivity index (χ3v) is 5.69. The Morgan fingerprint density at radius 1 is 1.00 bits per heavy atom. The second kappa shape index (κ2) is 9.37. The van der Waals surface area contributed by atoms with Crippen molar-refractivity contribution in [2.24, 2.45) is 0 Å². The summed E-state index contributed by atoms with van der Waals surface area (Å²) in [7, 11) is 0. The average Bonchev–Trinajstić information content (AvgIpc) is 3.06. The van der Waals surface area contributed by atoms with Crippen molar-refractivity contribution in [1.29, 1.82) is 0 Å². The van der Waals surface area contributed by atoms with Crippen molar-refractivity contribution in [3.05, 3.63) is 46.8 Å². The Hall–Kier alpha value is -2.14. The molecule has 0 aliphatic carbocycles. The zero-order valence-corrected chi connectivity index (χ0v) is 17.9. The first-order valence-electron chi connectivity index (χ1n) is 10.8. The van der Waals surface area contributed by atoms with Gasteiger partial charge in [-0.3, -0.25) is 4.79 Å². The highest BCUT2D eigenvalue weighted by Crippen LogP contribution is 2.25. The first kappa shape index (κ1) is 20.6. The molecule has 2 aromatic rings. The standard InChI is InChI=1S/C23H34N4O/c1-5-10-19-22(23(28)26-16-14-25(7-3)15-17-26)21(11-6-2)27(24-19)20-13-9-8-12-18(20)4/h8-9,12-13H,5-7,10-11,14-17H2,1-4H3. The number of hydrogen-bond acceptors (Lipinski definition) is 3. The number of carbonyl (C=O) groups is 1. The van der Waals surface area contributed by atoms with E-state index in [1.807, 2.05) is 21.7 Å². The van der Waals surface area contributed by atoms with Gasteiger partial charge in [-0.2, -0.15) is 5.10 Å². The van der Waals surface area contributed by atoms with Gasteiger partial charge in [0.25, 0.3) is 5.91 Å². The van der Waals surface area contributed by atoms with Crippen molar-refractivity contribution in [3.63, 3.8) is 0 Å². The Bertz CT molecular complexity index is 803. The molecule has 1 aliphatic heterocycles. The van der Waals surface area contributed by atoms with Crippen LogP contribution in [0.1, 0.15) is 60.9 Å². The number of aromatic nitrogens is 2. The molecule has 0 atom stereocenters. The molecule has 152 valence electrons. The van der Waals surface area contributed by atoms with Crippen LogP contribution in [0, 0.1) is 6.92 Å². The normalized spacial score (nSPS) is 15.2. The van der Waals surface area contributed by atoms with Gasteiger partial charge in [-0.15, -0.1) is 0 Å². The van der Waals surface area contributed by atoms with Crippen LogP contribution >= 0.6 is 0 Å². The quantitative estimate of drug-likeness (QED) is 0.730. The summed E-state index contributed by atoms with van der Waals surface area (Å²) in [5.74, 6) is 0.169. The van der Waals surface area contributed by atoms with E-state index in [1.165, 1.54) is 5.56 Å². The lowest BCUT2D eigenvalue weighted by Crippen LogP contribution is -2.48. The molecular weight excluding hydrogens is 348 g/mol. The van der Waals surface area contributed by atoms with Crippen molar-refractivity contribution in [1.82, 2.24) is 19.6 Å². The Kier molecular flexibility index (Phi) is 6.89. The van der Waals surface area contributed by atoms with Gasteiger partial charge in [-0.05, 0) is 37.9 Å². The van der Waals surface area contributed by atoms with Crippen molar-refractivity contribution in [3.8, 4) is 5.69 Å². The monoisotopic (exact) mass is 382 g/mol. The van der Waals surface area contributed by atoms with Crippen LogP contribution in [0.3, 0.4) is 0 Å². The van der Waals surface area contributed by atoms with E-state index in [1.54, 1.807) is 0 Å². The van der Waals surface area contributed by atoms with Crippen LogP contribution in [0.25, 0.3) is 5.69 Å².